The highest BCUT2D eigenvalue weighted by molar-refractivity contribution is 5.75. The van der Waals surface area contributed by atoms with Crippen LogP contribution in [-0.4, -0.2) is 42.9 Å². The van der Waals surface area contributed by atoms with E-state index in [0.29, 0.717) is 18.1 Å². The number of nitrogens with one attached hydrogen (secondary N) is 2. The number of carbonyl (C=O) groups excluding carboxylic acids is 1. The molecule has 0 fully saturated rings. The molecule has 1 unspecified atom stereocenters. The molecule has 0 aliphatic carbocycles. The second-order valence-corrected chi connectivity index (χ2v) is 4.28. The second-order valence-electron chi connectivity index (χ2n) is 4.28. The van der Waals surface area contributed by atoms with Crippen molar-refractivity contribution >= 4 is 12.0 Å². The third-order valence-electron chi connectivity index (χ3n) is 2.68. The summed E-state index contributed by atoms with van der Waals surface area (Å²) in [5.41, 5.74) is 0. The first kappa shape index (κ1) is 14.0. The lowest BCUT2D eigenvalue weighted by molar-refractivity contribution is -0.136. The molecule has 1 aliphatic heterocycles. The van der Waals surface area contributed by atoms with Crippen molar-refractivity contribution in [3.8, 4) is 11.5 Å². The Bertz CT molecular complexity index is 491. The van der Waals surface area contributed by atoms with Crippen molar-refractivity contribution in [3.05, 3.63) is 24.3 Å². The molecule has 7 nitrogen and oxygen atoms in total. The number of rotatable bonds is 5. The maximum absolute atomic E-state index is 11.4. The third kappa shape index (κ3) is 4.04. The van der Waals surface area contributed by atoms with E-state index in [9.17, 15) is 9.59 Å². The van der Waals surface area contributed by atoms with Gasteiger partial charge in [-0.15, -0.1) is 0 Å². The van der Waals surface area contributed by atoms with E-state index < -0.39 is 12.0 Å². The number of hydrogen-bond acceptors (Lipinski definition) is 4. The predicted octanol–water partition coefficient (Wildman–Crippen LogP) is 0.600. The second kappa shape index (κ2) is 6.65. The lowest BCUT2D eigenvalue weighted by Crippen LogP contribution is -2.44. The van der Waals surface area contributed by atoms with Crippen LogP contribution in [0.25, 0.3) is 0 Å². The number of fused-ring (bicyclic) bond motifs is 1. The Labute approximate surface area is 115 Å². The van der Waals surface area contributed by atoms with Gasteiger partial charge in [0.2, 0.25) is 0 Å². The van der Waals surface area contributed by atoms with Gasteiger partial charge in [0, 0.05) is 6.54 Å². The van der Waals surface area contributed by atoms with Crippen LogP contribution in [-0.2, 0) is 4.79 Å². The van der Waals surface area contributed by atoms with Crippen molar-refractivity contribution in [1.82, 2.24) is 10.6 Å². The van der Waals surface area contributed by atoms with E-state index in [1.54, 1.807) is 6.07 Å². The van der Waals surface area contributed by atoms with Crippen LogP contribution in [0.15, 0.2) is 24.3 Å². The topological polar surface area (TPSA) is 96.9 Å². The van der Waals surface area contributed by atoms with E-state index in [1.807, 2.05) is 18.2 Å². The van der Waals surface area contributed by atoms with Crippen molar-refractivity contribution in [2.24, 2.45) is 0 Å². The maximum atomic E-state index is 11.4. The molecule has 0 radical (unpaired) electrons. The third-order valence-corrected chi connectivity index (χ3v) is 2.68. The average molecular weight is 280 g/mol. The van der Waals surface area contributed by atoms with E-state index in [2.05, 4.69) is 10.6 Å². The number of amides is 2. The van der Waals surface area contributed by atoms with Gasteiger partial charge in [0.15, 0.2) is 17.6 Å². The highest BCUT2D eigenvalue weighted by Gasteiger charge is 2.20. The lowest BCUT2D eigenvalue weighted by atomic mass is 10.2. The van der Waals surface area contributed by atoms with Gasteiger partial charge in [-0.2, -0.15) is 0 Å². The van der Waals surface area contributed by atoms with Crippen LogP contribution >= 0.6 is 0 Å². The Balaban J connectivity index is 1.70. The number of ether oxygens (including phenoxy) is 2. The molecular weight excluding hydrogens is 264 g/mol. The summed E-state index contributed by atoms with van der Waals surface area (Å²) >= 11 is 0. The molecular formula is C13H16N2O5. The number of aliphatic carboxylic acids is 1. The van der Waals surface area contributed by atoms with Gasteiger partial charge in [-0.05, 0) is 12.1 Å². The van der Waals surface area contributed by atoms with Gasteiger partial charge >= 0.3 is 12.0 Å². The summed E-state index contributed by atoms with van der Waals surface area (Å²) in [5, 5.41) is 13.5. The summed E-state index contributed by atoms with van der Waals surface area (Å²) in [6, 6.07) is 6.90. The first-order chi connectivity index (χ1) is 9.65. The van der Waals surface area contributed by atoms with Gasteiger partial charge in [0.05, 0.1) is 13.0 Å². The molecule has 1 aromatic carbocycles. The Morgan fingerprint density at radius 3 is 2.75 bits per heavy atom. The van der Waals surface area contributed by atoms with Gasteiger partial charge in [-0.1, -0.05) is 12.1 Å². The summed E-state index contributed by atoms with van der Waals surface area (Å²) in [6.45, 7) is 0.728. The van der Waals surface area contributed by atoms with Crippen LogP contribution < -0.4 is 20.1 Å². The summed E-state index contributed by atoms with van der Waals surface area (Å²) in [7, 11) is 0. The van der Waals surface area contributed by atoms with Crippen LogP contribution in [0, 0.1) is 0 Å². The van der Waals surface area contributed by atoms with Crippen molar-refractivity contribution in [1.29, 1.82) is 0 Å². The van der Waals surface area contributed by atoms with Crippen LogP contribution in [0.3, 0.4) is 0 Å². The number of urea groups is 1. The fraction of sp³-hybridized carbons (Fsp3) is 0.385. The molecule has 20 heavy (non-hydrogen) atoms. The number of carboxylic acids is 1. The molecule has 1 heterocycles. The normalized spacial score (nSPS) is 16.3. The maximum Gasteiger partial charge on any atom is 0.314 e. The van der Waals surface area contributed by atoms with E-state index in [0.717, 1.165) is 0 Å². The molecule has 0 spiro atoms. The molecule has 2 rings (SSSR count). The fourth-order valence-electron chi connectivity index (χ4n) is 1.72. The summed E-state index contributed by atoms with van der Waals surface area (Å²) < 4.78 is 11.2. The smallest absolute Gasteiger partial charge is 0.314 e. The molecule has 1 aliphatic rings. The summed E-state index contributed by atoms with van der Waals surface area (Å²) in [6.07, 6.45) is -0.376. The highest BCUT2D eigenvalue weighted by Crippen LogP contribution is 2.30. The molecule has 7 heteroatoms. The number of para-hydroxylation sites is 2. The van der Waals surface area contributed by atoms with Crippen molar-refractivity contribution in [2.75, 3.05) is 19.7 Å². The zero-order valence-electron chi connectivity index (χ0n) is 10.8. The minimum atomic E-state index is -0.953. The van der Waals surface area contributed by atoms with Gasteiger partial charge < -0.3 is 25.2 Å². The van der Waals surface area contributed by atoms with Gasteiger partial charge in [0.25, 0.3) is 0 Å². The Hall–Kier alpha value is -2.44. The van der Waals surface area contributed by atoms with E-state index in [4.69, 9.17) is 14.6 Å². The number of benzene rings is 1. The van der Waals surface area contributed by atoms with Crippen molar-refractivity contribution < 1.29 is 24.2 Å². The Kier molecular flexibility index (Phi) is 4.65. The highest BCUT2D eigenvalue weighted by atomic mass is 16.6. The standard InChI is InChI=1S/C13H16N2O5/c16-12(17)5-6-14-13(18)15-7-9-8-19-10-3-1-2-4-11(10)20-9/h1-4,9H,5-8H2,(H,16,17)(H2,14,15,18). The molecule has 108 valence electrons. The van der Waals surface area contributed by atoms with Crippen LogP contribution in [0.5, 0.6) is 11.5 Å². The molecule has 0 saturated heterocycles. The predicted molar refractivity (Wildman–Crippen MR) is 70.0 cm³/mol. The average Bonchev–Trinajstić information content (AvgIpc) is 2.44. The SMILES string of the molecule is O=C(O)CCNC(=O)NCC1COc2ccccc2O1. The van der Waals surface area contributed by atoms with Gasteiger partial charge in [0.1, 0.15) is 6.61 Å². The molecule has 1 atom stereocenters. The largest absolute Gasteiger partial charge is 0.486 e. The van der Waals surface area contributed by atoms with E-state index >= 15 is 0 Å². The van der Waals surface area contributed by atoms with Crippen molar-refractivity contribution in [2.45, 2.75) is 12.5 Å². The molecule has 2 amide bonds. The van der Waals surface area contributed by atoms with Gasteiger partial charge in [-0.3, -0.25) is 4.79 Å². The van der Waals surface area contributed by atoms with E-state index in [-0.39, 0.29) is 25.6 Å². The van der Waals surface area contributed by atoms with Crippen LogP contribution in [0.2, 0.25) is 0 Å². The van der Waals surface area contributed by atoms with Gasteiger partial charge in [-0.25, -0.2) is 4.79 Å². The number of hydrogen-bond donors (Lipinski definition) is 3. The fourth-order valence-corrected chi connectivity index (χ4v) is 1.72. The van der Waals surface area contributed by atoms with Crippen molar-refractivity contribution in [3.63, 3.8) is 0 Å². The molecule has 1 aromatic rings. The Morgan fingerprint density at radius 1 is 1.25 bits per heavy atom. The zero-order valence-corrected chi connectivity index (χ0v) is 10.8. The first-order valence-corrected chi connectivity index (χ1v) is 6.27. The lowest BCUT2D eigenvalue weighted by Gasteiger charge is -2.26. The van der Waals surface area contributed by atoms with Crippen LogP contribution in [0.1, 0.15) is 6.42 Å². The molecule has 0 bridgehead atoms. The summed E-state index contributed by atoms with van der Waals surface area (Å²) in [5.74, 6) is 0.386. The zero-order chi connectivity index (χ0) is 14.4. The number of carbonyl (C=O) groups is 2. The Morgan fingerprint density at radius 2 is 2.00 bits per heavy atom. The summed E-state index contributed by atoms with van der Waals surface area (Å²) in [4.78, 5) is 21.7. The first-order valence-electron chi connectivity index (χ1n) is 6.27. The molecule has 0 saturated carbocycles. The van der Waals surface area contributed by atoms with Crippen LogP contribution in [0.4, 0.5) is 4.79 Å². The minimum absolute atomic E-state index is 0.0893. The van der Waals surface area contributed by atoms with E-state index in [1.165, 1.54) is 0 Å². The quantitative estimate of drug-likeness (QED) is 0.734. The monoisotopic (exact) mass is 280 g/mol. The molecule has 3 N–H and O–H groups in total. The molecule has 0 aromatic heterocycles. The minimum Gasteiger partial charge on any atom is -0.486 e. The number of carboxylic acid groups (broad SMARTS) is 1.